The van der Waals surface area contributed by atoms with Crippen molar-refractivity contribution in [2.24, 2.45) is 5.92 Å². The lowest BCUT2D eigenvalue weighted by Crippen LogP contribution is -2.64. The number of carbonyl (C=O) groups excluding carboxylic acids is 3. The number of nitrogens with zero attached hydrogens (tertiary/aromatic N) is 3. The summed E-state index contributed by atoms with van der Waals surface area (Å²) in [6.45, 7) is 6.46. The van der Waals surface area contributed by atoms with Gasteiger partial charge in [0.05, 0.1) is 13.7 Å². The van der Waals surface area contributed by atoms with E-state index in [1.54, 1.807) is 11.8 Å². The number of carbonyl (C=O) groups is 3. The fourth-order valence-electron chi connectivity index (χ4n) is 4.83. The number of esters is 1. The molecule has 2 heterocycles. The van der Waals surface area contributed by atoms with Crippen LogP contribution in [0.25, 0.3) is 0 Å². The molecule has 0 bridgehead atoms. The molecule has 2 aromatic rings. The van der Waals surface area contributed by atoms with Crippen molar-refractivity contribution < 1.29 is 19.1 Å². The van der Waals surface area contributed by atoms with Gasteiger partial charge in [0.2, 0.25) is 5.91 Å². The Kier molecular flexibility index (Phi) is 6.28. The molecule has 1 aliphatic carbocycles. The molecule has 1 atom stereocenters. The van der Waals surface area contributed by atoms with Crippen LogP contribution in [0, 0.1) is 12.8 Å². The van der Waals surface area contributed by atoms with Gasteiger partial charge in [0.1, 0.15) is 11.2 Å². The summed E-state index contributed by atoms with van der Waals surface area (Å²) >= 11 is 0. The molecule has 1 fully saturated rings. The number of hydrogen-bond donors (Lipinski definition) is 1. The van der Waals surface area contributed by atoms with Crippen molar-refractivity contribution >= 4 is 17.8 Å². The van der Waals surface area contributed by atoms with E-state index >= 15 is 0 Å². The van der Waals surface area contributed by atoms with Gasteiger partial charge in [-0.25, -0.2) is 4.79 Å². The largest absolute Gasteiger partial charge is 0.464 e. The van der Waals surface area contributed by atoms with Gasteiger partial charge < -0.3 is 15.0 Å². The van der Waals surface area contributed by atoms with E-state index in [4.69, 9.17) is 4.74 Å². The molecule has 1 aromatic heterocycles. The number of benzene rings is 1. The summed E-state index contributed by atoms with van der Waals surface area (Å²) < 4.78 is 6.24. The Balaban J connectivity index is 1.67. The molecule has 1 aliphatic heterocycles. The molecule has 176 valence electrons. The quantitative estimate of drug-likeness (QED) is 0.704. The molecule has 0 radical (unpaired) electrons. The van der Waals surface area contributed by atoms with E-state index in [9.17, 15) is 14.4 Å². The summed E-state index contributed by atoms with van der Waals surface area (Å²) in [5.74, 6) is -0.465. The first-order chi connectivity index (χ1) is 15.7. The highest BCUT2D eigenvalue weighted by atomic mass is 16.5. The Labute approximate surface area is 194 Å². The molecule has 0 spiro atoms. The Bertz CT molecular complexity index is 1070. The van der Waals surface area contributed by atoms with Gasteiger partial charge in [0.15, 0.2) is 5.69 Å². The van der Waals surface area contributed by atoms with Gasteiger partial charge >= 0.3 is 5.97 Å². The number of rotatable bonds is 5. The molecule has 1 saturated carbocycles. The minimum Gasteiger partial charge on any atom is -0.464 e. The van der Waals surface area contributed by atoms with Crippen LogP contribution in [-0.4, -0.2) is 51.2 Å². The molecule has 2 amide bonds. The van der Waals surface area contributed by atoms with Crippen LogP contribution in [0.3, 0.4) is 0 Å². The number of hydrogen-bond acceptors (Lipinski definition) is 5. The molecule has 0 unspecified atom stereocenters. The highest BCUT2D eigenvalue weighted by molar-refractivity contribution is 6.01. The maximum Gasteiger partial charge on any atom is 0.358 e. The maximum absolute atomic E-state index is 13.7. The summed E-state index contributed by atoms with van der Waals surface area (Å²) in [6, 6.07) is 9.45. The van der Waals surface area contributed by atoms with Crippen LogP contribution >= 0.6 is 0 Å². The van der Waals surface area contributed by atoms with Crippen molar-refractivity contribution in [2.45, 2.75) is 71.1 Å². The van der Waals surface area contributed by atoms with Crippen molar-refractivity contribution in [2.75, 3.05) is 7.11 Å². The van der Waals surface area contributed by atoms with Crippen molar-refractivity contribution in [3.05, 3.63) is 52.8 Å². The molecule has 8 heteroatoms. The van der Waals surface area contributed by atoms with E-state index < -0.39 is 11.5 Å². The second-order valence-electron chi connectivity index (χ2n) is 9.65. The van der Waals surface area contributed by atoms with Crippen LogP contribution in [0.2, 0.25) is 0 Å². The average molecular weight is 453 g/mol. The van der Waals surface area contributed by atoms with Gasteiger partial charge in [0, 0.05) is 18.7 Å². The SMILES string of the molecule is COC(=O)c1cc2n(n1)C[C@](C)(C(=O)NC1CCC(C)CC1)N(Cc1cccc(C)c1)C2=O. The molecule has 8 nitrogen and oxygen atoms in total. The van der Waals surface area contributed by atoms with Crippen LogP contribution in [-0.2, 0) is 22.6 Å². The van der Waals surface area contributed by atoms with Crippen LogP contribution in [0.15, 0.2) is 30.3 Å². The van der Waals surface area contributed by atoms with Crippen LogP contribution in [0.1, 0.15) is 71.6 Å². The third-order valence-corrected chi connectivity index (χ3v) is 6.96. The topological polar surface area (TPSA) is 93.5 Å². The summed E-state index contributed by atoms with van der Waals surface area (Å²) in [7, 11) is 1.27. The van der Waals surface area contributed by atoms with E-state index in [0.29, 0.717) is 5.92 Å². The van der Waals surface area contributed by atoms with Gasteiger partial charge in [-0.05, 0) is 51.0 Å². The summed E-state index contributed by atoms with van der Waals surface area (Å²) in [4.78, 5) is 40.9. The monoisotopic (exact) mass is 452 g/mol. The van der Waals surface area contributed by atoms with E-state index in [-0.39, 0.29) is 42.3 Å². The number of nitrogens with one attached hydrogen (secondary N) is 1. The standard InChI is InChI=1S/C25H32N4O4/c1-16-8-10-19(11-9-16)26-24(32)25(3)15-29-21(13-20(27-29)23(31)33-4)22(30)28(25)14-18-7-5-6-17(2)12-18/h5-7,12-13,16,19H,8-11,14-15H2,1-4H3,(H,26,32)/t16?,19?,25-/m1/s1. The van der Waals surface area contributed by atoms with Gasteiger partial charge in [-0.1, -0.05) is 36.8 Å². The highest BCUT2D eigenvalue weighted by Gasteiger charge is 2.48. The third kappa shape index (κ3) is 4.51. The predicted octanol–water partition coefficient (Wildman–Crippen LogP) is 3.09. The van der Waals surface area contributed by atoms with E-state index in [1.807, 2.05) is 31.2 Å². The summed E-state index contributed by atoms with van der Waals surface area (Å²) in [6.07, 6.45) is 4.04. The van der Waals surface area contributed by atoms with Crippen molar-refractivity contribution in [1.82, 2.24) is 20.0 Å². The lowest BCUT2D eigenvalue weighted by molar-refractivity contribution is -0.134. The summed E-state index contributed by atoms with van der Waals surface area (Å²) in [5, 5.41) is 7.48. The van der Waals surface area contributed by atoms with Crippen molar-refractivity contribution in [1.29, 1.82) is 0 Å². The highest BCUT2D eigenvalue weighted by Crippen LogP contribution is 2.31. The molecule has 0 saturated heterocycles. The Morgan fingerprint density at radius 1 is 1.21 bits per heavy atom. The number of fused-ring (bicyclic) bond motifs is 1. The van der Waals surface area contributed by atoms with Crippen LogP contribution < -0.4 is 5.32 Å². The second kappa shape index (κ2) is 9.00. The number of amides is 2. The number of ether oxygens (including phenoxy) is 1. The first kappa shape index (κ1) is 23.0. The second-order valence-corrected chi connectivity index (χ2v) is 9.65. The van der Waals surface area contributed by atoms with E-state index in [1.165, 1.54) is 17.9 Å². The van der Waals surface area contributed by atoms with Crippen LogP contribution in [0.4, 0.5) is 0 Å². The minimum atomic E-state index is -1.16. The normalized spacial score (nSPS) is 24.8. The Hall–Kier alpha value is -3.16. The lowest BCUT2D eigenvalue weighted by Gasteiger charge is -2.44. The maximum atomic E-state index is 13.7. The zero-order valence-corrected chi connectivity index (χ0v) is 19.8. The van der Waals surface area contributed by atoms with Crippen molar-refractivity contribution in [3.63, 3.8) is 0 Å². The smallest absolute Gasteiger partial charge is 0.358 e. The van der Waals surface area contributed by atoms with Crippen LogP contribution in [0.5, 0.6) is 0 Å². The molecular weight excluding hydrogens is 420 g/mol. The first-order valence-electron chi connectivity index (χ1n) is 11.6. The third-order valence-electron chi connectivity index (χ3n) is 6.96. The fraction of sp³-hybridized carbons (Fsp3) is 0.520. The zero-order chi connectivity index (χ0) is 23.8. The van der Waals surface area contributed by atoms with Gasteiger partial charge in [0.25, 0.3) is 5.91 Å². The van der Waals surface area contributed by atoms with E-state index in [0.717, 1.165) is 36.8 Å². The molecule has 33 heavy (non-hydrogen) atoms. The van der Waals surface area contributed by atoms with Gasteiger partial charge in [-0.15, -0.1) is 0 Å². The number of aromatic nitrogens is 2. The predicted molar refractivity (Wildman–Crippen MR) is 123 cm³/mol. The molecule has 4 rings (SSSR count). The van der Waals surface area contributed by atoms with Gasteiger partial charge in [-0.3, -0.25) is 14.3 Å². The molecule has 1 N–H and O–H groups in total. The Morgan fingerprint density at radius 2 is 1.94 bits per heavy atom. The van der Waals surface area contributed by atoms with Crippen molar-refractivity contribution in [3.8, 4) is 0 Å². The Morgan fingerprint density at radius 3 is 2.61 bits per heavy atom. The molecule has 1 aromatic carbocycles. The fourth-order valence-corrected chi connectivity index (χ4v) is 4.83. The molecule has 2 aliphatic rings. The number of aryl methyl sites for hydroxylation is 1. The number of methoxy groups -OCH3 is 1. The zero-order valence-electron chi connectivity index (χ0n) is 19.8. The van der Waals surface area contributed by atoms with E-state index in [2.05, 4.69) is 17.3 Å². The molecular formula is C25H32N4O4. The minimum absolute atomic E-state index is 0.0577. The average Bonchev–Trinajstić information content (AvgIpc) is 3.21. The lowest BCUT2D eigenvalue weighted by atomic mass is 9.86. The van der Waals surface area contributed by atoms with Gasteiger partial charge in [-0.2, -0.15) is 5.10 Å². The first-order valence-corrected chi connectivity index (χ1v) is 11.6. The summed E-state index contributed by atoms with van der Waals surface area (Å²) in [5.41, 5.74) is 1.20.